The van der Waals surface area contributed by atoms with E-state index >= 15 is 0 Å². The second-order valence-electron chi connectivity index (χ2n) is 3.44. The van der Waals surface area contributed by atoms with Crippen LogP contribution < -0.4 is 5.32 Å². The third-order valence-electron chi connectivity index (χ3n) is 2.13. The fourth-order valence-corrected chi connectivity index (χ4v) is 2.10. The average Bonchev–Trinajstić information content (AvgIpc) is 2.34. The zero-order valence-electron chi connectivity index (χ0n) is 9.61. The van der Waals surface area contributed by atoms with Gasteiger partial charge in [-0.15, -0.1) is 11.8 Å². The lowest BCUT2D eigenvalue weighted by atomic mass is 10.3. The number of pyridine rings is 1. The molecule has 0 aliphatic rings. The van der Waals surface area contributed by atoms with Crippen molar-refractivity contribution in [2.45, 2.75) is 31.1 Å². The van der Waals surface area contributed by atoms with Crippen LogP contribution in [0.15, 0.2) is 29.4 Å². The van der Waals surface area contributed by atoms with E-state index in [4.69, 9.17) is 0 Å². The van der Waals surface area contributed by atoms with Crippen molar-refractivity contribution < 1.29 is 4.79 Å². The molecule has 88 valence electrons. The van der Waals surface area contributed by atoms with Crippen LogP contribution >= 0.6 is 11.8 Å². The summed E-state index contributed by atoms with van der Waals surface area (Å²) < 4.78 is 0. The van der Waals surface area contributed by atoms with E-state index in [0.29, 0.717) is 6.42 Å². The quantitative estimate of drug-likeness (QED) is 0.586. The largest absolute Gasteiger partial charge is 0.356 e. The van der Waals surface area contributed by atoms with Crippen molar-refractivity contribution in [1.82, 2.24) is 10.3 Å². The summed E-state index contributed by atoms with van der Waals surface area (Å²) in [5, 5.41) is 2.87. The molecular formula is C12H18N2OS. The molecule has 1 N–H and O–H groups in total. The zero-order valence-corrected chi connectivity index (χ0v) is 10.4. The number of rotatable bonds is 7. The average molecular weight is 238 g/mol. The van der Waals surface area contributed by atoms with Crippen molar-refractivity contribution in [3.05, 3.63) is 24.5 Å². The molecule has 0 bridgehead atoms. The molecule has 1 aromatic rings. The topological polar surface area (TPSA) is 42.0 Å². The molecule has 0 saturated carbocycles. The molecule has 0 aliphatic heterocycles. The monoisotopic (exact) mass is 238 g/mol. The van der Waals surface area contributed by atoms with Crippen LogP contribution in [0.2, 0.25) is 0 Å². The number of nitrogens with one attached hydrogen (secondary N) is 1. The Morgan fingerprint density at radius 3 is 2.81 bits per heavy atom. The molecular weight excluding hydrogens is 220 g/mol. The van der Waals surface area contributed by atoms with E-state index < -0.39 is 0 Å². The molecule has 0 spiro atoms. The third kappa shape index (κ3) is 5.75. The van der Waals surface area contributed by atoms with Gasteiger partial charge in [0.25, 0.3) is 0 Å². The number of unbranched alkanes of at least 4 members (excludes halogenated alkanes) is 1. The van der Waals surface area contributed by atoms with Crippen molar-refractivity contribution >= 4 is 17.7 Å². The summed E-state index contributed by atoms with van der Waals surface area (Å²) in [6.07, 6.45) is 6.36. The predicted octanol–water partition coefficient (Wildman–Crippen LogP) is 2.48. The molecule has 4 heteroatoms. The van der Waals surface area contributed by atoms with Crippen LogP contribution in [-0.4, -0.2) is 23.2 Å². The summed E-state index contributed by atoms with van der Waals surface area (Å²) in [7, 11) is 0. The van der Waals surface area contributed by atoms with Crippen LogP contribution in [-0.2, 0) is 4.79 Å². The minimum absolute atomic E-state index is 0.141. The summed E-state index contributed by atoms with van der Waals surface area (Å²) in [6.45, 7) is 2.66. The van der Waals surface area contributed by atoms with Gasteiger partial charge in [-0.25, -0.2) is 0 Å². The maximum atomic E-state index is 10.9. The molecule has 1 rings (SSSR count). The molecule has 1 amide bonds. The number of carbonyl (C=O) groups is 1. The Hall–Kier alpha value is -1.03. The maximum Gasteiger partial charge on any atom is 0.219 e. The second kappa shape index (κ2) is 8.16. The molecule has 3 nitrogen and oxygen atoms in total. The molecule has 0 radical (unpaired) electrons. The van der Waals surface area contributed by atoms with E-state index in [9.17, 15) is 4.79 Å². The first-order valence-corrected chi connectivity index (χ1v) is 6.61. The molecule has 1 aromatic heterocycles. The Bertz CT molecular complexity index is 303. The van der Waals surface area contributed by atoms with Gasteiger partial charge in [0.2, 0.25) is 5.91 Å². The van der Waals surface area contributed by atoms with Crippen LogP contribution in [0.5, 0.6) is 0 Å². The van der Waals surface area contributed by atoms with Gasteiger partial charge in [0, 0.05) is 30.3 Å². The van der Waals surface area contributed by atoms with Crippen LogP contribution in [0.1, 0.15) is 26.2 Å². The maximum absolute atomic E-state index is 10.9. The second-order valence-corrected chi connectivity index (χ2v) is 4.61. The van der Waals surface area contributed by atoms with Crippen LogP contribution in [0.3, 0.4) is 0 Å². The van der Waals surface area contributed by atoms with Gasteiger partial charge in [-0.1, -0.05) is 6.92 Å². The van der Waals surface area contributed by atoms with Crippen LogP contribution in [0.25, 0.3) is 0 Å². The molecule has 0 aliphatic carbocycles. The molecule has 0 aromatic carbocycles. The normalized spacial score (nSPS) is 10.1. The first kappa shape index (κ1) is 13.0. The minimum atomic E-state index is 0.141. The first-order chi connectivity index (χ1) is 7.83. The Morgan fingerprint density at radius 2 is 2.12 bits per heavy atom. The van der Waals surface area contributed by atoms with Crippen molar-refractivity contribution in [1.29, 1.82) is 0 Å². The van der Waals surface area contributed by atoms with Gasteiger partial charge >= 0.3 is 0 Å². The highest BCUT2D eigenvalue weighted by atomic mass is 32.2. The Kier molecular flexibility index (Phi) is 6.65. The van der Waals surface area contributed by atoms with Crippen molar-refractivity contribution in [2.24, 2.45) is 0 Å². The van der Waals surface area contributed by atoms with Crippen molar-refractivity contribution in [3.8, 4) is 0 Å². The van der Waals surface area contributed by atoms with Gasteiger partial charge in [-0.2, -0.15) is 0 Å². The summed E-state index contributed by atoms with van der Waals surface area (Å²) in [5.41, 5.74) is 0. The summed E-state index contributed by atoms with van der Waals surface area (Å²) in [5.74, 6) is 1.23. The van der Waals surface area contributed by atoms with Gasteiger partial charge in [0.05, 0.1) is 0 Å². The molecule has 0 unspecified atom stereocenters. The molecule has 0 fully saturated rings. The first-order valence-electron chi connectivity index (χ1n) is 5.62. The van der Waals surface area contributed by atoms with Gasteiger partial charge in [-0.3, -0.25) is 9.78 Å². The lowest BCUT2D eigenvalue weighted by Crippen LogP contribution is -2.23. The molecule has 16 heavy (non-hydrogen) atoms. The SMILES string of the molecule is CCC(=O)NCCCCSc1ccncc1. The van der Waals surface area contributed by atoms with Crippen LogP contribution in [0, 0.1) is 0 Å². The zero-order chi connectivity index (χ0) is 11.6. The fourth-order valence-electron chi connectivity index (χ4n) is 1.20. The van der Waals surface area contributed by atoms with Crippen LogP contribution in [0.4, 0.5) is 0 Å². The third-order valence-corrected chi connectivity index (χ3v) is 3.23. The van der Waals surface area contributed by atoms with Gasteiger partial charge < -0.3 is 5.32 Å². The van der Waals surface area contributed by atoms with Crippen molar-refractivity contribution in [2.75, 3.05) is 12.3 Å². The summed E-state index contributed by atoms with van der Waals surface area (Å²) in [4.78, 5) is 16.2. The lowest BCUT2D eigenvalue weighted by Gasteiger charge is -2.03. The number of nitrogens with zero attached hydrogens (tertiary/aromatic N) is 1. The standard InChI is InChI=1S/C12H18N2OS/c1-2-12(15)14-7-3-4-10-16-11-5-8-13-9-6-11/h5-6,8-9H,2-4,7,10H2,1H3,(H,14,15). The predicted molar refractivity (Wildman–Crippen MR) is 67.5 cm³/mol. The Labute approximate surface area is 101 Å². The van der Waals surface area contributed by atoms with E-state index in [1.807, 2.05) is 43.2 Å². The highest BCUT2D eigenvalue weighted by molar-refractivity contribution is 7.99. The molecule has 1 heterocycles. The number of amides is 1. The number of thioether (sulfide) groups is 1. The van der Waals surface area contributed by atoms with E-state index in [0.717, 1.165) is 25.1 Å². The van der Waals surface area contributed by atoms with Crippen molar-refractivity contribution in [3.63, 3.8) is 0 Å². The summed E-state index contributed by atoms with van der Waals surface area (Å²) >= 11 is 1.83. The number of carbonyl (C=O) groups excluding carboxylic acids is 1. The smallest absolute Gasteiger partial charge is 0.219 e. The van der Waals surface area contributed by atoms with Gasteiger partial charge in [-0.05, 0) is 30.7 Å². The molecule has 0 atom stereocenters. The van der Waals surface area contributed by atoms with Gasteiger partial charge in [0.1, 0.15) is 0 Å². The molecule has 0 saturated heterocycles. The van der Waals surface area contributed by atoms with E-state index in [1.165, 1.54) is 4.90 Å². The Morgan fingerprint density at radius 1 is 1.38 bits per heavy atom. The number of hydrogen-bond donors (Lipinski definition) is 1. The highest BCUT2D eigenvalue weighted by Crippen LogP contribution is 2.17. The summed E-state index contributed by atoms with van der Waals surface area (Å²) in [6, 6.07) is 4.03. The number of aromatic nitrogens is 1. The van der Waals surface area contributed by atoms with E-state index in [2.05, 4.69) is 10.3 Å². The fraction of sp³-hybridized carbons (Fsp3) is 0.500. The van der Waals surface area contributed by atoms with E-state index in [1.54, 1.807) is 0 Å². The highest BCUT2D eigenvalue weighted by Gasteiger charge is 1.96. The number of hydrogen-bond acceptors (Lipinski definition) is 3. The van der Waals surface area contributed by atoms with E-state index in [-0.39, 0.29) is 5.91 Å². The minimum Gasteiger partial charge on any atom is -0.356 e. The Balaban J connectivity index is 1.98. The van der Waals surface area contributed by atoms with Gasteiger partial charge in [0.15, 0.2) is 0 Å². The lowest BCUT2D eigenvalue weighted by molar-refractivity contribution is -0.120.